The largest absolute Gasteiger partial charge is 0.452 e. The van der Waals surface area contributed by atoms with E-state index in [1.807, 2.05) is 29.5 Å². The quantitative estimate of drug-likeness (QED) is 0.715. The second kappa shape index (κ2) is 7.76. The number of rotatable bonds is 5. The molecule has 1 amide bonds. The molecule has 2 fully saturated rings. The minimum atomic E-state index is -0.478. The molecule has 0 bridgehead atoms. The van der Waals surface area contributed by atoms with Gasteiger partial charge in [0.25, 0.3) is 5.91 Å². The van der Waals surface area contributed by atoms with E-state index in [0.717, 1.165) is 37.8 Å². The summed E-state index contributed by atoms with van der Waals surface area (Å²) in [6.07, 6.45) is 6.97. The van der Waals surface area contributed by atoms with Gasteiger partial charge in [0.05, 0.1) is 17.1 Å². The second-order valence-electron chi connectivity index (χ2n) is 8.80. The van der Waals surface area contributed by atoms with E-state index in [9.17, 15) is 9.59 Å². The molecule has 2 aromatic heterocycles. The first-order valence-electron chi connectivity index (χ1n) is 10.7. The lowest BCUT2D eigenvalue weighted by atomic mass is 9.97. The van der Waals surface area contributed by atoms with E-state index in [0.29, 0.717) is 22.5 Å². The van der Waals surface area contributed by atoms with Crippen LogP contribution in [0.25, 0.3) is 11.0 Å². The van der Waals surface area contributed by atoms with E-state index in [1.165, 1.54) is 0 Å². The van der Waals surface area contributed by atoms with Gasteiger partial charge in [0, 0.05) is 29.7 Å². The summed E-state index contributed by atoms with van der Waals surface area (Å²) >= 11 is 0. The molecular formula is C22H30N4O3. The van der Waals surface area contributed by atoms with Crippen molar-refractivity contribution < 1.29 is 14.3 Å². The monoisotopic (exact) mass is 398 g/mol. The molecule has 2 aromatic rings. The van der Waals surface area contributed by atoms with Crippen LogP contribution < -0.4 is 0 Å². The Bertz CT molecular complexity index is 922. The first-order chi connectivity index (χ1) is 13.9. The summed E-state index contributed by atoms with van der Waals surface area (Å²) in [5.41, 5.74) is 2.08. The van der Waals surface area contributed by atoms with Crippen LogP contribution in [0.5, 0.6) is 0 Å². The number of carbonyl (C=O) groups is 2. The van der Waals surface area contributed by atoms with Crippen LogP contribution in [0.2, 0.25) is 0 Å². The van der Waals surface area contributed by atoms with Gasteiger partial charge in [0.2, 0.25) is 0 Å². The Morgan fingerprint density at radius 2 is 1.86 bits per heavy atom. The van der Waals surface area contributed by atoms with Crippen LogP contribution in [0.15, 0.2) is 12.3 Å². The molecule has 29 heavy (non-hydrogen) atoms. The van der Waals surface area contributed by atoms with Gasteiger partial charge in [-0.25, -0.2) is 14.5 Å². The van der Waals surface area contributed by atoms with Crippen LogP contribution in [0.4, 0.5) is 0 Å². The van der Waals surface area contributed by atoms with Crippen molar-refractivity contribution in [3.8, 4) is 0 Å². The zero-order chi connectivity index (χ0) is 20.7. The van der Waals surface area contributed by atoms with Crippen LogP contribution >= 0.6 is 0 Å². The lowest BCUT2D eigenvalue weighted by molar-refractivity contribution is -0.140. The molecule has 4 rings (SSSR count). The summed E-state index contributed by atoms with van der Waals surface area (Å²) in [6.45, 7) is 7.97. The molecule has 1 saturated heterocycles. The summed E-state index contributed by atoms with van der Waals surface area (Å²) in [7, 11) is 0. The van der Waals surface area contributed by atoms with E-state index in [4.69, 9.17) is 9.72 Å². The molecule has 0 spiro atoms. The zero-order valence-corrected chi connectivity index (χ0v) is 17.7. The number of aromatic nitrogens is 3. The Morgan fingerprint density at radius 1 is 1.17 bits per heavy atom. The minimum absolute atomic E-state index is 0.122. The van der Waals surface area contributed by atoms with Crippen molar-refractivity contribution in [1.29, 1.82) is 0 Å². The molecule has 7 heteroatoms. The molecular weight excluding hydrogens is 368 g/mol. The van der Waals surface area contributed by atoms with Gasteiger partial charge in [-0.1, -0.05) is 0 Å². The van der Waals surface area contributed by atoms with Gasteiger partial charge < -0.3 is 9.64 Å². The highest BCUT2D eigenvalue weighted by atomic mass is 16.5. The molecule has 0 aromatic carbocycles. The number of likely N-dealkylation sites (tertiary alicyclic amines) is 1. The molecule has 2 aliphatic rings. The number of carbonyl (C=O) groups excluding carboxylic acids is 2. The molecule has 2 unspecified atom stereocenters. The maximum atomic E-state index is 12.9. The topological polar surface area (TPSA) is 77.3 Å². The number of hydrogen-bond donors (Lipinski definition) is 0. The van der Waals surface area contributed by atoms with Gasteiger partial charge in [-0.2, -0.15) is 5.10 Å². The summed E-state index contributed by atoms with van der Waals surface area (Å²) in [5.74, 6) is -0.199. The molecule has 1 aliphatic carbocycles. The number of ether oxygens (including phenoxy) is 1. The first-order valence-corrected chi connectivity index (χ1v) is 10.7. The number of nitrogens with zero attached hydrogens (tertiary/aromatic N) is 4. The van der Waals surface area contributed by atoms with Crippen LogP contribution in [-0.4, -0.2) is 50.2 Å². The second-order valence-corrected chi connectivity index (χ2v) is 8.80. The van der Waals surface area contributed by atoms with Crippen molar-refractivity contribution in [2.45, 2.75) is 83.8 Å². The Morgan fingerprint density at radius 3 is 2.48 bits per heavy atom. The third-order valence-electron chi connectivity index (χ3n) is 6.10. The van der Waals surface area contributed by atoms with Gasteiger partial charge in [-0.05, 0) is 65.9 Å². The van der Waals surface area contributed by atoms with Crippen LogP contribution in [-0.2, 0) is 9.53 Å². The Labute approximate surface area is 171 Å². The Kier molecular flexibility index (Phi) is 5.32. The van der Waals surface area contributed by atoms with Crippen LogP contribution in [0.1, 0.15) is 87.8 Å². The van der Waals surface area contributed by atoms with Crippen LogP contribution in [0.3, 0.4) is 0 Å². The molecule has 1 saturated carbocycles. The standard InChI is InChI=1S/C22H30N4O3/c1-13(2)26-21-18(11-23-26)17(10-19(24-21)16-8-9-16)22(28)29-12-20(27)25-14(3)6-5-7-15(25)4/h10-11,13-16H,5-9,12H2,1-4H3. The third-order valence-corrected chi connectivity index (χ3v) is 6.10. The van der Waals surface area contributed by atoms with Crippen molar-refractivity contribution in [2.24, 2.45) is 0 Å². The molecule has 0 radical (unpaired) electrons. The third kappa shape index (κ3) is 3.87. The Hall–Kier alpha value is -2.44. The van der Waals surface area contributed by atoms with Gasteiger partial charge in [-0.3, -0.25) is 4.79 Å². The fourth-order valence-electron chi connectivity index (χ4n) is 4.36. The maximum absolute atomic E-state index is 12.9. The van der Waals surface area contributed by atoms with Crippen molar-refractivity contribution >= 4 is 22.9 Å². The highest BCUT2D eigenvalue weighted by Crippen LogP contribution is 2.40. The predicted molar refractivity (Wildman–Crippen MR) is 110 cm³/mol. The summed E-state index contributed by atoms with van der Waals surface area (Å²) in [5, 5.41) is 5.10. The molecule has 0 N–H and O–H groups in total. The number of fused-ring (bicyclic) bond motifs is 1. The van der Waals surface area contributed by atoms with Crippen molar-refractivity contribution in [2.75, 3.05) is 6.61 Å². The number of piperidine rings is 1. The molecule has 3 heterocycles. The smallest absolute Gasteiger partial charge is 0.339 e. The number of pyridine rings is 1. The van der Waals surface area contributed by atoms with Crippen LogP contribution in [0, 0.1) is 0 Å². The minimum Gasteiger partial charge on any atom is -0.452 e. The lowest BCUT2D eigenvalue weighted by Gasteiger charge is -2.38. The van der Waals surface area contributed by atoms with E-state index < -0.39 is 5.97 Å². The summed E-state index contributed by atoms with van der Waals surface area (Å²) in [4.78, 5) is 32.3. The number of esters is 1. The first kappa shape index (κ1) is 19.9. The van der Waals surface area contributed by atoms with Gasteiger partial charge in [0.1, 0.15) is 0 Å². The van der Waals surface area contributed by atoms with Crippen molar-refractivity contribution in [3.05, 3.63) is 23.5 Å². The highest BCUT2D eigenvalue weighted by Gasteiger charge is 2.31. The lowest BCUT2D eigenvalue weighted by Crippen LogP contribution is -2.49. The summed E-state index contributed by atoms with van der Waals surface area (Å²) in [6, 6.07) is 2.33. The highest BCUT2D eigenvalue weighted by molar-refractivity contribution is 6.03. The van der Waals surface area contributed by atoms with E-state index >= 15 is 0 Å². The SMILES string of the molecule is CC1CCCC(C)N1C(=O)COC(=O)c1cc(C2CC2)nc2c1cnn2C(C)C. The fourth-order valence-corrected chi connectivity index (χ4v) is 4.36. The normalized spacial score (nSPS) is 22.3. The fraction of sp³-hybridized carbons (Fsp3) is 0.636. The van der Waals surface area contributed by atoms with E-state index in [-0.39, 0.29) is 30.6 Å². The Balaban J connectivity index is 1.56. The van der Waals surface area contributed by atoms with Gasteiger partial charge in [0.15, 0.2) is 12.3 Å². The molecule has 1 aliphatic heterocycles. The molecule has 2 atom stereocenters. The molecule has 156 valence electrons. The maximum Gasteiger partial charge on any atom is 0.339 e. The average molecular weight is 399 g/mol. The number of amides is 1. The van der Waals surface area contributed by atoms with Gasteiger partial charge >= 0.3 is 5.97 Å². The molecule has 7 nitrogen and oxygen atoms in total. The zero-order valence-electron chi connectivity index (χ0n) is 17.7. The van der Waals surface area contributed by atoms with Crippen molar-refractivity contribution in [3.63, 3.8) is 0 Å². The predicted octanol–water partition coefficient (Wildman–Crippen LogP) is 3.84. The summed E-state index contributed by atoms with van der Waals surface area (Å²) < 4.78 is 7.31. The number of hydrogen-bond acceptors (Lipinski definition) is 5. The van der Waals surface area contributed by atoms with Crippen molar-refractivity contribution in [1.82, 2.24) is 19.7 Å². The van der Waals surface area contributed by atoms with E-state index in [2.05, 4.69) is 18.9 Å². The van der Waals surface area contributed by atoms with Gasteiger partial charge in [-0.15, -0.1) is 0 Å². The van der Waals surface area contributed by atoms with E-state index in [1.54, 1.807) is 6.20 Å². The average Bonchev–Trinajstić information content (AvgIpc) is 3.44.